The predicted octanol–water partition coefficient (Wildman–Crippen LogP) is -0.310. The Morgan fingerprint density at radius 3 is 2.20 bits per heavy atom. The van der Waals surface area contributed by atoms with Gasteiger partial charge < -0.3 is 15.8 Å². The summed E-state index contributed by atoms with van der Waals surface area (Å²) in [6, 6.07) is 0. The molecule has 2 aliphatic carbocycles. The van der Waals surface area contributed by atoms with Crippen LogP contribution in [0.5, 0.6) is 0 Å². The monoisotopic (exact) mass is 212 g/mol. The first kappa shape index (κ1) is 10.4. The van der Waals surface area contributed by atoms with Crippen LogP contribution in [0.15, 0.2) is 0 Å². The molecule has 0 unspecified atom stereocenters. The fraction of sp³-hybridized carbons (Fsp3) is 0.800. The summed E-state index contributed by atoms with van der Waals surface area (Å²) in [4.78, 5) is 23.2. The Bertz CT molecular complexity index is 306. The fourth-order valence-electron chi connectivity index (χ4n) is 1.81. The van der Waals surface area contributed by atoms with E-state index >= 15 is 0 Å². The molecule has 0 heterocycles. The predicted molar refractivity (Wildman–Crippen MR) is 52.9 cm³/mol. The number of nitrogens with one attached hydrogen (secondary N) is 1. The standard InChI is InChI=1S/C10H16N2O3/c1-15-8(14)10(3-2-4-10)12-7(13)9(11)5-6-9/h2-6,11H2,1H3,(H,12,13). The Morgan fingerprint density at radius 2 is 1.87 bits per heavy atom. The molecule has 0 radical (unpaired) electrons. The Balaban J connectivity index is 2.02. The molecule has 2 fully saturated rings. The van der Waals surface area contributed by atoms with E-state index in [0.29, 0.717) is 25.7 Å². The summed E-state index contributed by atoms with van der Waals surface area (Å²) in [7, 11) is 1.34. The number of methoxy groups -OCH3 is 1. The molecule has 0 saturated heterocycles. The summed E-state index contributed by atoms with van der Waals surface area (Å²) in [5.74, 6) is -0.570. The fourth-order valence-corrected chi connectivity index (χ4v) is 1.81. The van der Waals surface area contributed by atoms with Gasteiger partial charge in [0.05, 0.1) is 12.6 Å². The highest BCUT2D eigenvalue weighted by Gasteiger charge is 2.53. The lowest BCUT2D eigenvalue weighted by molar-refractivity contribution is -0.155. The Labute approximate surface area is 88.3 Å². The van der Waals surface area contributed by atoms with Crippen LogP contribution in [0.4, 0.5) is 0 Å². The first-order valence-corrected chi connectivity index (χ1v) is 5.22. The summed E-state index contributed by atoms with van der Waals surface area (Å²) >= 11 is 0. The van der Waals surface area contributed by atoms with Crippen molar-refractivity contribution in [3.8, 4) is 0 Å². The first-order valence-electron chi connectivity index (χ1n) is 5.22. The Morgan fingerprint density at radius 1 is 1.27 bits per heavy atom. The second-order valence-corrected chi connectivity index (χ2v) is 4.54. The molecule has 2 saturated carbocycles. The zero-order valence-corrected chi connectivity index (χ0v) is 8.84. The van der Waals surface area contributed by atoms with Gasteiger partial charge >= 0.3 is 5.97 Å². The van der Waals surface area contributed by atoms with Crippen LogP contribution in [-0.4, -0.2) is 30.1 Å². The van der Waals surface area contributed by atoms with Gasteiger partial charge in [0.25, 0.3) is 0 Å². The number of hydrogen-bond donors (Lipinski definition) is 2. The third-order valence-electron chi connectivity index (χ3n) is 3.38. The largest absolute Gasteiger partial charge is 0.467 e. The number of ether oxygens (including phenoxy) is 1. The number of amides is 1. The first-order chi connectivity index (χ1) is 7.02. The summed E-state index contributed by atoms with van der Waals surface area (Å²) in [6.07, 6.45) is 3.65. The van der Waals surface area contributed by atoms with Gasteiger partial charge in [-0.15, -0.1) is 0 Å². The van der Waals surface area contributed by atoms with Crippen molar-refractivity contribution in [1.82, 2.24) is 5.32 Å². The van der Waals surface area contributed by atoms with Gasteiger partial charge in [-0.25, -0.2) is 4.79 Å². The molecule has 2 aliphatic rings. The van der Waals surface area contributed by atoms with E-state index in [2.05, 4.69) is 5.32 Å². The van der Waals surface area contributed by atoms with Crippen molar-refractivity contribution in [2.24, 2.45) is 5.73 Å². The minimum Gasteiger partial charge on any atom is -0.467 e. The number of esters is 1. The molecule has 3 N–H and O–H groups in total. The Hall–Kier alpha value is -1.10. The number of rotatable bonds is 3. The van der Waals surface area contributed by atoms with Crippen LogP contribution in [0.3, 0.4) is 0 Å². The summed E-state index contributed by atoms with van der Waals surface area (Å²) in [5.41, 5.74) is 4.24. The van der Waals surface area contributed by atoms with E-state index < -0.39 is 11.1 Å². The molecule has 0 aliphatic heterocycles. The lowest BCUT2D eigenvalue weighted by Crippen LogP contribution is -2.62. The maximum Gasteiger partial charge on any atom is 0.331 e. The maximum absolute atomic E-state index is 11.7. The van der Waals surface area contributed by atoms with Crippen molar-refractivity contribution < 1.29 is 14.3 Å². The molecule has 15 heavy (non-hydrogen) atoms. The molecule has 2 rings (SSSR count). The molecular weight excluding hydrogens is 196 g/mol. The highest BCUT2D eigenvalue weighted by atomic mass is 16.5. The summed E-state index contributed by atoms with van der Waals surface area (Å²) in [5, 5.41) is 2.74. The molecule has 0 aromatic rings. The van der Waals surface area contributed by atoms with E-state index in [-0.39, 0.29) is 11.9 Å². The van der Waals surface area contributed by atoms with Crippen LogP contribution in [0.1, 0.15) is 32.1 Å². The second kappa shape index (κ2) is 3.20. The zero-order valence-electron chi connectivity index (χ0n) is 8.84. The average molecular weight is 212 g/mol. The Kier molecular flexibility index (Phi) is 2.22. The second-order valence-electron chi connectivity index (χ2n) is 4.54. The van der Waals surface area contributed by atoms with Gasteiger partial charge in [-0.3, -0.25) is 4.79 Å². The molecule has 0 bridgehead atoms. The maximum atomic E-state index is 11.7. The van der Waals surface area contributed by atoms with Crippen molar-refractivity contribution >= 4 is 11.9 Å². The molecule has 0 atom stereocenters. The van der Waals surface area contributed by atoms with Crippen LogP contribution in [0.25, 0.3) is 0 Å². The molecule has 0 aromatic carbocycles. The molecule has 84 valence electrons. The van der Waals surface area contributed by atoms with E-state index in [4.69, 9.17) is 10.5 Å². The van der Waals surface area contributed by atoms with Gasteiger partial charge in [0.15, 0.2) is 0 Å². The molecular formula is C10H16N2O3. The smallest absolute Gasteiger partial charge is 0.331 e. The SMILES string of the molecule is COC(=O)C1(NC(=O)C2(N)CC2)CCC1. The molecule has 0 spiro atoms. The molecule has 0 aromatic heterocycles. The third-order valence-corrected chi connectivity index (χ3v) is 3.38. The van der Waals surface area contributed by atoms with E-state index in [1.807, 2.05) is 0 Å². The van der Waals surface area contributed by atoms with E-state index in [9.17, 15) is 9.59 Å². The highest BCUT2D eigenvalue weighted by molar-refractivity contribution is 5.94. The van der Waals surface area contributed by atoms with E-state index in [0.717, 1.165) is 6.42 Å². The normalized spacial score (nSPS) is 24.9. The van der Waals surface area contributed by atoms with Gasteiger partial charge in [0.1, 0.15) is 5.54 Å². The number of carbonyl (C=O) groups excluding carboxylic acids is 2. The lowest BCUT2D eigenvalue weighted by atomic mass is 9.76. The quantitative estimate of drug-likeness (QED) is 0.629. The number of hydrogen-bond acceptors (Lipinski definition) is 4. The molecule has 5 nitrogen and oxygen atoms in total. The van der Waals surface area contributed by atoms with E-state index in [1.54, 1.807) is 0 Å². The third kappa shape index (κ3) is 1.61. The van der Waals surface area contributed by atoms with Gasteiger partial charge in [0.2, 0.25) is 5.91 Å². The van der Waals surface area contributed by atoms with Crippen LogP contribution >= 0.6 is 0 Å². The van der Waals surface area contributed by atoms with E-state index in [1.165, 1.54) is 7.11 Å². The molecule has 5 heteroatoms. The van der Waals surface area contributed by atoms with Crippen molar-refractivity contribution in [3.05, 3.63) is 0 Å². The zero-order chi connectivity index (χ0) is 11.1. The average Bonchev–Trinajstić information content (AvgIpc) is 2.90. The summed E-state index contributed by atoms with van der Waals surface area (Å²) < 4.78 is 4.70. The number of carbonyl (C=O) groups is 2. The van der Waals surface area contributed by atoms with Gasteiger partial charge in [0, 0.05) is 0 Å². The van der Waals surface area contributed by atoms with Gasteiger partial charge in [-0.05, 0) is 32.1 Å². The van der Waals surface area contributed by atoms with Crippen molar-refractivity contribution in [3.63, 3.8) is 0 Å². The number of nitrogens with two attached hydrogens (primary N) is 1. The molecule has 1 amide bonds. The summed E-state index contributed by atoms with van der Waals surface area (Å²) in [6.45, 7) is 0. The minimum atomic E-state index is -0.791. The van der Waals surface area contributed by atoms with Crippen LogP contribution in [0, 0.1) is 0 Å². The van der Waals surface area contributed by atoms with Crippen LogP contribution in [-0.2, 0) is 14.3 Å². The van der Waals surface area contributed by atoms with Crippen LogP contribution < -0.4 is 11.1 Å². The van der Waals surface area contributed by atoms with Gasteiger partial charge in [-0.1, -0.05) is 0 Å². The topological polar surface area (TPSA) is 81.4 Å². The van der Waals surface area contributed by atoms with Crippen LogP contribution in [0.2, 0.25) is 0 Å². The van der Waals surface area contributed by atoms with Crippen molar-refractivity contribution in [2.45, 2.75) is 43.2 Å². The minimum absolute atomic E-state index is 0.215. The highest BCUT2D eigenvalue weighted by Crippen LogP contribution is 2.37. The lowest BCUT2D eigenvalue weighted by Gasteiger charge is -2.40. The van der Waals surface area contributed by atoms with Crippen molar-refractivity contribution in [2.75, 3.05) is 7.11 Å². The van der Waals surface area contributed by atoms with Gasteiger partial charge in [-0.2, -0.15) is 0 Å². The van der Waals surface area contributed by atoms with Crippen molar-refractivity contribution in [1.29, 1.82) is 0 Å².